The van der Waals surface area contributed by atoms with E-state index in [9.17, 15) is 4.79 Å². The first-order valence-corrected chi connectivity index (χ1v) is 17.1. The number of likely N-dealkylation sites (tertiary alicyclic amines) is 1. The van der Waals surface area contributed by atoms with Crippen molar-refractivity contribution in [1.29, 1.82) is 0 Å². The number of morpholine rings is 1. The summed E-state index contributed by atoms with van der Waals surface area (Å²) in [4.78, 5) is 18.6. The van der Waals surface area contributed by atoms with E-state index < -0.39 is 0 Å². The van der Waals surface area contributed by atoms with Gasteiger partial charge in [0.1, 0.15) is 18.5 Å². The van der Waals surface area contributed by atoms with E-state index >= 15 is 0 Å². The number of piperidine rings is 1. The number of unbranched alkanes of at least 4 members (excludes halogenated alkanes) is 1. The third-order valence-corrected chi connectivity index (χ3v) is 9.74. The van der Waals surface area contributed by atoms with Gasteiger partial charge in [-0.15, -0.1) is 0 Å². The molecule has 0 aliphatic carbocycles. The lowest BCUT2D eigenvalue weighted by atomic mass is 9.98. The number of aromatic amines is 1. The number of nitrogens with zero attached hydrogens (tertiary/aromatic N) is 2. The van der Waals surface area contributed by atoms with E-state index in [0.29, 0.717) is 48.4 Å². The van der Waals surface area contributed by atoms with Crippen molar-refractivity contribution in [2.45, 2.75) is 81.9 Å². The topological polar surface area (TPSA) is 69.8 Å². The summed E-state index contributed by atoms with van der Waals surface area (Å²) in [6.07, 6.45) is 13.5. The summed E-state index contributed by atoms with van der Waals surface area (Å²) in [5.74, 6) is 0.827. The summed E-state index contributed by atoms with van der Waals surface area (Å²) >= 11 is 8.26. The quantitative estimate of drug-likeness (QED) is 0.192. The van der Waals surface area contributed by atoms with Gasteiger partial charge in [-0.3, -0.25) is 4.79 Å². The first-order chi connectivity index (χ1) is 21.0. The van der Waals surface area contributed by atoms with Crippen LogP contribution >= 0.6 is 23.5 Å². The Hall–Kier alpha value is -2.07. The fourth-order valence-corrected chi connectivity index (χ4v) is 7.21. The van der Waals surface area contributed by atoms with Crippen molar-refractivity contribution < 1.29 is 14.3 Å². The fourth-order valence-electron chi connectivity index (χ4n) is 5.88. The highest BCUT2D eigenvalue weighted by Crippen LogP contribution is 2.25. The molecule has 2 atom stereocenters. The average Bonchev–Trinajstić information content (AvgIpc) is 3.32. The summed E-state index contributed by atoms with van der Waals surface area (Å²) in [7, 11) is 0. The number of aldehydes is 1. The molecule has 1 aromatic heterocycles. The highest BCUT2D eigenvalue weighted by Gasteiger charge is 2.25. The minimum absolute atomic E-state index is 0.0676. The van der Waals surface area contributed by atoms with Crippen molar-refractivity contribution in [2.24, 2.45) is 0 Å². The molecule has 0 radical (unpaired) electrons. The third-order valence-electron chi connectivity index (χ3n) is 8.26. The molecule has 4 rings (SSSR count). The van der Waals surface area contributed by atoms with E-state index in [4.69, 9.17) is 21.1 Å². The van der Waals surface area contributed by atoms with Crippen molar-refractivity contribution in [3.63, 3.8) is 0 Å². The second kappa shape index (κ2) is 18.0. The molecule has 43 heavy (non-hydrogen) atoms. The number of nitrogens with one attached hydrogen (secondary N) is 2. The minimum atomic E-state index is -0.0676. The Morgan fingerprint density at radius 1 is 1.21 bits per heavy atom. The fraction of sp³-hybridized carbons (Fsp3) is 0.559. The predicted octanol–water partition coefficient (Wildman–Crippen LogP) is 5.34. The van der Waals surface area contributed by atoms with Crippen LogP contribution in [-0.4, -0.2) is 84.6 Å². The van der Waals surface area contributed by atoms with Crippen LogP contribution in [0.2, 0.25) is 0 Å². The molecule has 0 spiro atoms. The van der Waals surface area contributed by atoms with Crippen molar-refractivity contribution in [3.8, 4) is 5.75 Å². The van der Waals surface area contributed by atoms with Crippen LogP contribution in [0.4, 0.5) is 0 Å². The van der Waals surface area contributed by atoms with E-state index in [-0.39, 0.29) is 6.10 Å². The van der Waals surface area contributed by atoms with E-state index in [1.165, 1.54) is 58.0 Å². The van der Waals surface area contributed by atoms with Gasteiger partial charge in [-0.25, -0.2) is 4.31 Å². The molecule has 2 aliphatic heterocycles. The van der Waals surface area contributed by atoms with Crippen LogP contribution in [0.15, 0.2) is 46.3 Å². The van der Waals surface area contributed by atoms with Gasteiger partial charge in [0.05, 0.1) is 17.2 Å². The van der Waals surface area contributed by atoms with E-state index in [2.05, 4.69) is 39.9 Å². The van der Waals surface area contributed by atoms with Gasteiger partial charge in [0.15, 0.2) is 6.29 Å². The molecular formula is C34H49ClN4O3S. The van der Waals surface area contributed by atoms with E-state index in [1.54, 1.807) is 11.9 Å². The zero-order valence-electron chi connectivity index (χ0n) is 25.9. The van der Waals surface area contributed by atoms with Crippen LogP contribution in [0.5, 0.6) is 5.75 Å². The highest BCUT2D eigenvalue weighted by atomic mass is 35.5. The molecule has 3 heterocycles. The van der Waals surface area contributed by atoms with Crippen molar-refractivity contribution in [1.82, 2.24) is 19.5 Å². The molecule has 0 saturated carbocycles. The van der Waals surface area contributed by atoms with Crippen LogP contribution < -0.4 is 20.6 Å². The van der Waals surface area contributed by atoms with E-state index in [1.807, 2.05) is 42.5 Å². The number of H-pyrrole nitrogens is 1. The van der Waals surface area contributed by atoms with Gasteiger partial charge in [0, 0.05) is 47.3 Å². The molecular weight excluding hydrogens is 580 g/mol. The zero-order valence-corrected chi connectivity index (χ0v) is 27.4. The maximum atomic E-state index is 11.9. The number of para-hydroxylation sites is 1. The summed E-state index contributed by atoms with van der Waals surface area (Å²) in [6, 6.07) is 11.0. The van der Waals surface area contributed by atoms with Crippen LogP contribution in [0.25, 0.3) is 12.7 Å². The second-order valence-corrected chi connectivity index (χ2v) is 13.1. The molecule has 9 heteroatoms. The van der Waals surface area contributed by atoms with Gasteiger partial charge in [0.25, 0.3) is 0 Å². The van der Waals surface area contributed by atoms with Crippen LogP contribution in [-0.2, 0) is 4.74 Å². The lowest BCUT2D eigenvalue weighted by Crippen LogP contribution is -2.46. The average molecular weight is 629 g/mol. The molecule has 2 aromatic rings. The summed E-state index contributed by atoms with van der Waals surface area (Å²) in [6.45, 7) is 14.3. The zero-order chi connectivity index (χ0) is 30.4. The van der Waals surface area contributed by atoms with Gasteiger partial charge in [-0.05, 0) is 68.9 Å². The third kappa shape index (κ3) is 10.5. The molecule has 7 nitrogen and oxygen atoms in total. The molecule has 2 N–H and O–H groups in total. The van der Waals surface area contributed by atoms with Gasteiger partial charge < -0.3 is 24.7 Å². The number of hydrogen-bond donors (Lipinski definition) is 2. The maximum Gasteiger partial charge on any atom is 0.167 e. The normalized spacial score (nSPS) is 20.4. The predicted molar refractivity (Wildman–Crippen MR) is 179 cm³/mol. The molecule has 0 amide bonds. The summed E-state index contributed by atoms with van der Waals surface area (Å²) < 4.78 is 14.1. The van der Waals surface area contributed by atoms with Gasteiger partial charge in [-0.2, -0.15) is 0 Å². The molecule has 0 bridgehead atoms. The van der Waals surface area contributed by atoms with Crippen LogP contribution in [0.3, 0.4) is 0 Å². The van der Waals surface area contributed by atoms with Crippen molar-refractivity contribution in [3.05, 3.63) is 57.7 Å². The summed E-state index contributed by atoms with van der Waals surface area (Å²) in [5.41, 5.74) is 0.513. The molecule has 2 aliphatic rings. The largest absolute Gasteiger partial charge is 0.491 e. The smallest absolute Gasteiger partial charge is 0.167 e. The number of allylic oxidation sites excluding steroid dienone is 1. The highest BCUT2D eigenvalue weighted by molar-refractivity contribution is 7.97. The first-order valence-electron chi connectivity index (χ1n) is 15.9. The number of rotatable bonds is 16. The SMILES string of the molecule is C=c1[nH]c(C=O)c(SN2CCOC(COc3ccccc3)C2)/c1=C/C(Cl)=C\CNC1CCN(C(CCC)CCCC)CC1. The monoisotopic (exact) mass is 628 g/mol. The molecule has 2 fully saturated rings. The Labute approximate surface area is 266 Å². The summed E-state index contributed by atoms with van der Waals surface area (Å²) in [5, 5.41) is 5.84. The lowest BCUT2D eigenvalue weighted by Gasteiger charge is -2.38. The van der Waals surface area contributed by atoms with Crippen LogP contribution in [0, 0.1) is 0 Å². The molecule has 1 aromatic carbocycles. The second-order valence-electron chi connectivity index (χ2n) is 11.5. The number of benzene rings is 1. The Bertz CT molecular complexity index is 1260. The number of hydrogen-bond acceptors (Lipinski definition) is 7. The number of aromatic nitrogens is 1. The van der Waals surface area contributed by atoms with Gasteiger partial charge in [0.2, 0.25) is 0 Å². The number of halogens is 1. The number of carbonyl (C=O) groups excluding carboxylic acids is 1. The Balaban J connectivity index is 1.32. The standard InChI is InChI=1S/C34H49ClN4O3S/c1-4-6-11-29(10-5-2)38-18-15-28(16-19-38)36-17-14-27(35)22-32-26(3)37-33(24-40)34(32)43-39-20-21-41-31(23-39)25-42-30-12-8-7-9-13-30/h7-9,12-14,22,24,28-29,31,36-37H,3-6,10-11,15-21,23,25H2,1-2H3/b27-14+,32-22+. The van der Waals surface area contributed by atoms with Gasteiger partial charge >= 0.3 is 0 Å². The van der Waals surface area contributed by atoms with Crippen molar-refractivity contribution >= 4 is 42.5 Å². The van der Waals surface area contributed by atoms with E-state index in [0.717, 1.165) is 34.7 Å². The Kier molecular flexibility index (Phi) is 14.2. The van der Waals surface area contributed by atoms with Gasteiger partial charge in [-0.1, -0.05) is 75.6 Å². The number of carbonyl (C=O) groups is 1. The molecule has 2 unspecified atom stereocenters. The number of ether oxygens (including phenoxy) is 2. The Morgan fingerprint density at radius 2 is 2.00 bits per heavy atom. The van der Waals surface area contributed by atoms with Crippen LogP contribution in [0.1, 0.15) is 69.3 Å². The first kappa shape index (κ1) is 33.8. The minimum Gasteiger partial charge on any atom is -0.491 e. The maximum absolute atomic E-state index is 11.9. The molecule has 236 valence electrons. The van der Waals surface area contributed by atoms with Crippen molar-refractivity contribution in [2.75, 3.05) is 45.9 Å². The lowest BCUT2D eigenvalue weighted by molar-refractivity contribution is -0.0224. The molecule has 2 saturated heterocycles. The Morgan fingerprint density at radius 3 is 2.72 bits per heavy atom.